The van der Waals surface area contributed by atoms with Crippen molar-refractivity contribution >= 4 is 29.4 Å². The zero-order valence-electron chi connectivity index (χ0n) is 13.7. The van der Waals surface area contributed by atoms with Gasteiger partial charge in [0.1, 0.15) is 16.9 Å². The number of carboxylic acid groups (broad SMARTS) is 2. The number of aromatic nitrogens is 1. The molecule has 7 nitrogen and oxygen atoms in total. The van der Waals surface area contributed by atoms with Crippen molar-refractivity contribution in [3.05, 3.63) is 75.0 Å². The summed E-state index contributed by atoms with van der Waals surface area (Å²) in [6.45, 7) is 0. The van der Waals surface area contributed by atoms with Gasteiger partial charge in [-0.25, -0.2) is 9.59 Å². The van der Waals surface area contributed by atoms with Crippen molar-refractivity contribution in [3.63, 3.8) is 0 Å². The van der Waals surface area contributed by atoms with E-state index in [0.29, 0.717) is 16.1 Å². The zero-order valence-corrected chi connectivity index (χ0v) is 14.4. The third kappa shape index (κ3) is 3.28. The number of halogens is 1. The Hall–Kier alpha value is -3.58. The van der Waals surface area contributed by atoms with Crippen molar-refractivity contribution in [2.45, 2.75) is 0 Å². The number of carbonyl (C=O) groups is 2. The van der Waals surface area contributed by atoms with Crippen molar-refractivity contribution in [2.24, 2.45) is 0 Å². The summed E-state index contributed by atoms with van der Waals surface area (Å²) >= 11 is 6.04. The molecule has 0 atom stereocenters. The number of aromatic carboxylic acids is 2. The lowest BCUT2D eigenvalue weighted by atomic mass is 9.89. The summed E-state index contributed by atoms with van der Waals surface area (Å²) in [6.07, 6.45) is 0. The van der Waals surface area contributed by atoms with Crippen LogP contribution in [0.3, 0.4) is 0 Å². The Bertz CT molecular complexity index is 1140. The average molecular weight is 385 g/mol. The monoisotopic (exact) mass is 384 g/mol. The molecule has 3 aromatic rings. The van der Waals surface area contributed by atoms with Gasteiger partial charge in [0.2, 0.25) is 0 Å². The van der Waals surface area contributed by atoms with Crippen LogP contribution >= 0.6 is 11.6 Å². The number of nitrogens with one attached hydrogen (secondary N) is 1. The third-order valence-electron chi connectivity index (χ3n) is 4.00. The van der Waals surface area contributed by atoms with Crippen LogP contribution in [0.2, 0.25) is 5.02 Å². The highest BCUT2D eigenvalue weighted by molar-refractivity contribution is 6.30. The normalized spacial score (nSPS) is 10.6. The number of anilines is 1. The Labute approximate surface area is 157 Å². The molecule has 0 saturated carbocycles. The SMILES string of the molecule is Nc1[nH]c(=O)c(C(=O)O)c(-c2ccccc2-c2cccc(Cl)c2)c1C(=O)O. The predicted molar refractivity (Wildman–Crippen MR) is 101 cm³/mol. The van der Waals surface area contributed by atoms with E-state index in [-0.39, 0.29) is 11.1 Å². The number of carboxylic acids is 2. The summed E-state index contributed by atoms with van der Waals surface area (Å²) in [6, 6.07) is 13.3. The molecule has 5 N–H and O–H groups in total. The van der Waals surface area contributed by atoms with Gasteiger partial charge in [-0.05, 0) is 28.8 Å². The maximum atomic E-state index is 12.2. The van der Waals surface area contributed by atoms with Crippen LogP contribution in [0.15, 0.2) is 53.3 Å². The molecular weight excluding hydrogens is 372 g/mol. The smallest absolute Gasteiger partial charge is 0.342 e. The Balaban J connectivity index is 2.48. The van der Waals surface area contributed by atoms with Crippen LogP contribution in [-0.2, 0) is 0 Å². The molecule has 0 fully saturated rings. The Morgan fingerprint density at radius 3 is 2.15 bits per heavy atom. The highest BCUT2D eigenvalue weighted by Gasteiger charge is 2.27. The van der Waals surface area contributed by atoms with Crippen LogP contribution in [0.4, 0.5) is 5.82 Å². The first-order valence-corrected chi connectivity index (χ1v) is 8.06. The van der Waals surface area contributed by atoms with Crippen molar-refractivity contribution in [1.29, 1.82) is 0 Å². The van der Waals surface area contributed by atoms with E-state index < -0.39 is 34.4 Å². The van der Waals surface area contributed by atoms with E-state index in [0.717, 1.165) is 0 Å². The van der Waals surface area contributed by atoms with Crippen molar-refractivity contribution in [1.82, 2.24) is 4.98 Å². The number of pyridine rings is 1. The summed E-state index contributed by atoms with van der Waals surface area (Å²) in [5.74, 6) is -3.44. The van der Waals surface area contributed by atoms with Crippen LogP contribution in [0, 0.1) is 0 Å². The van der Waals surface area contributed by atoms with E-state index in [1.807, 2.05) is 0 Å². The second-order valence-electron chi connectivity index (χ2n) is 5.66. The van der Waals surface area contributed by atoms with Crippen LogP contribution in [-0.4, -0.2) is 27.1 Å². The van der Waals surface area contributed by atoms with Crippen LogP contribution in [0.25, 0.3) is 22.3 Å². The highest BCUT2D eigenvalue weighted by atomic mass is 35.5. The molecule has 3 rings (SSSR count). The third-order valence-corrected chi connectivity index (χ3v) is 4.24. The topological polar surface area (TPSA) is 133 Å². The first-order valence-electron chi connectivity index (χ1n) is 7.69. The number of hydrogen-bond acceptors (Lipinski definition) is 4. The number of hydrogen-bond donors (Lipinski definition) is 4. The van der Waals surface area contributed by atoms with Crippen molar-refractivity contribution < 1.29 is 19.8 Å². The minimum atomic E-state index is -1.56. The second-order valence-corrected chi connectivity index (χ2v) is 6.10. The fourth-order valence-corrected chi connectivity index (χ4v) is 3.12. The van der Waals surface area contributed by atoms with Crippen LogP contribution in [0.5, 0.6) is 0 Å². The quantitative estimate of drug-likeness (QED) is 0.545. The van der Waals surface area contributed by atoms with Gasteiger partial charge < -0.3 is 20.9 Å². The molecule has 0 saturated heterocycles. The Morgan fingerprint density at radius 2 is 1.56 bits per heavy atom. The number of benzene rings is 2. The molecule has 0 aliphatic rings. The minimum absolute atomic E-state index is 0.243. The molecule has 2 aromatic carbocycles. The van der Waals surface area contributed by atoms with E-state index in [1.54, 1.807) is 42.5 Å². The highest BCUT2D eigenvalue weighted by Crippen LogP contribution is 2.37. The van der Waals surface area contributed by atoms with Crippen molar-refractivity contribution in [3.8, 4) is 22.3 Å². The van der Waals surface area contributed by atoms with Gasteiger partial charge in [0.25, 0.3) is 5.56 Å². The summed E-state index contributed by atoms with van der Waals surface area (Å²) in [5, 5.41) is 19.6. The summed E-state index contributed by atoms with van der Waals surface area (Å²) in [4.78, 5) is 37.8. The summed E-state index contributed by atoms with van der Waals surface area (Å²) in [7, 11) is 0. The molecule has 0 unspecified atom stereocenters. The van der Waals surface area contributed by atoms with E-state index in [1.165, 1.54) is 6.07 Å². The lowest BCUT2D eigenvalue weighted by molar-refractivity contribution is 0.0695. The second kappa shape index (κ2) is 6.97. The van der Waals surface area contributed by atoms with Gasteiger partial charge in [-0.3, -0.25) is 4.79 Å². The van der Waals surface area contributed by atoms with E-state index in [9.17, 15) is 24.6 Å². The number of H-pyrrole nitrogens is 1. The molecule has 1 heterocycles. The fraction of sp³-hybridized carbons (Fsp3) is 0. The molecule has 0 radical (unpaired) electrons. The van der Waals surface area contributed by atoms with Crippen molar-refractivity contribution in [2.75, 3.05) is 5.73 Å². The molecular formula is C19H13ClN2O5. The fourth-order valence-electron chi connectivity index (χ4n) is 2.92. The molecule has 0 aliphatic heterocycles. The van der Waals surface area contributed by atoms with E-state index in [4.69, 9.17) is 17.3 Å². The Morgan fingerprint density at radius 1 is 0.926 bits per heavy atom. The molecule has 0 aliphatic carbocycles. The zero-order chi connectivity index (χ0) is 19.7. The number of nitrogens with two attached hydrogens (primary N) is 1. The molecule has 0 amide bonds. The first kappa shape index (κ1) is 18.2. The largest absolute Gasteiger partial charge is 0.478 e. The number of aromatic amines is 1. The molecule has 0 bridgehead atoms. The standard InChI is InChI=1S/C19H13ClN2O5/c20-10-5-3-4-9(8-10)11-6-1-2-7-12(11)13-14(18(24)25)16(21)22-17(23)15(13)19(26)27/h1-8H,(H,24,25)(H,26,27)(H3,21,22,23). The van der Waals surface area contributed by atoms with Gasteiger partial charge in [0, 0.05) is 10.6 Å². The van der Waals surface area contributed by atoms with Crippen LogP contribution < -0.4 is 11.3 Å². The lowest BCUT2D eigenvalue weighted by Crippen LogP contribution is -2.24. The maximum Gasteiger partial charge on any atom is 0.342 e. The molecule has 0 spiro atoms. The molecule has 27 heavy (non-hydrogen) atoms. The minimum Gasteiger partial charge on any atom is -0.478 e. The molecule has 136 valence electrons. The number of rotatable bonds is 4. The van der Waals surface area contributed by atoms with E-state index in [2.05, 4.69) is 4.98 Å². The van der Waals surface area contributed by atoms with E-state index >= 15 is 0 Å². The van der Waals surface area contributed by atoms with Crippen LogP contribution in [0.1, 0.15) is 20.7 Å². The van der Waals surface area contributed by atoms with Gasteiger partial charge in [0.05, 0.1) is 0 Å². The first-order chi connectivity index (χ1) is 12.8. The molecule has 8 heteroatoms. The van der Waals surface area contributed by atoms with Gasteiger partial charge >= 0.3 is 11.9 Å². The summed E-state index contributed by atoms with van der Waals surface area (Å²) < 4.78 is 0. The average Bonchev–Trinajstić information content (AvgIpc) is 2.60. The lowest BCUT2D eigenvalue weighted by Gasteiger charge is -2.16. The predicted octanol–water partition coefficient (Wildman–Crippen LogP) is 3.34. The van der Waals surface area contributed by atoms with Gasteiger partial charge in [0.15, 0.2) is 0 Å². The molecule has 1 aromatic heterocycles. The van der Waals surface area contributed by atoms with Gasteiger partial charge in [-0.2, -0.15) is 0 Å². The maximum absolute atomic E-state index is 12.2. The number of nitrogen functional groups attached to an aromatic ring is 1. The Kier molecular flexibility index (Phi) is 4.70. The van der Waals surface area contributed by atoms with Gasteiger partial charge in [-0.1, -0.05) is 48.0 Å². The summed E-state index contributed by atoms with van der Waals surface area (Å²) in [5.41, 5.74) is 4.65. The van der Waals surface area contributed by atoms with Gasteiger partial charge in [-0.15, -0.1) is 0 Å².